The third-order valence-corrected chi connectivity index (χ3v) is 7.53. The first-order valence-electron chi connectivity index (χ1n) is 11.2. The van der Waals surface area contributed by atoms with E-state index in [2.05, 4.69) is 17.4 Å². The van der Waals surface area contributed by atoms with Crippen molar-refractivity contribution in [2.45, 2.75) is 51.1 Å². The van der Waals surface area contributed by atoms with Crippen molar-refractivity contribution in [3.05, 3.63) is 101 Å². The molecule has 0 heterocycles. The Morgan fingerprint density at radius 3 is 2.15 bits per heavy atom. The van der Waals surface area contributed by atoms with Gasteiger partial charge in [0.25, 0.3) is 0 Å². The first kappa shape index (κ1) is 24.7. The van der Waals surface area contributed by atoms with Crippen LogP contribution in [0, 0.1) is 13.8 Å². The lowest BCUT2D eigenvalue weighted by Gasteiger charge is -2.24. The van der Waals surface area contributed by atoms with E-state index in [1.54, 1.807) is 19.1 Å². The number of sulfonamides is 1. The molecule has 0 radical (unpaired) electrons. The molecule has 0 bridgehead atoms. The molecule has 0 fully saturated rings. The molecular weight excluding hydrogens is 432 g/mol. The van der Waals surface area contributed by atoms with Crippen LogP contribution in [0.3, 0.4) is 0 Å². The molecule has 0 unspecified atom stereocenters. The third-order valence-electron chi connectivity index (χ3n) is 5.60. The molecule has 3 aromatic carbocycles. The average Bonchev–Trinajstić information content (AvgIpc) is 2.80. The fourth-order valence-electron chi connectivity index (χ4n) is 3.72. The zero-order valence-electron chi connectivity index (χ0n) is 19.5. The highest BCUT2D eigenvalue weighted by Crippen LogP contribution is 2.23. The van der Waals surface area contributed by atoms with E-state index in [9.17, 15) is 13.2 Å². The molecule has 3 aromatic rings. The van der Waals surface area contributed by atoms with Gasteiger partial charge in [-0.25, -0.2) is 8.42 Å². The van der Waals surface area contributed by atoms with Crippen molar-refractivity contribution in [3.8, 4) is 0 Å². The van der Waals surface area contributed by atoms with Crippen LogP contribution in [0.5, 0.6) is 0 Å². The maximum Gasteiger partial charge on any atom is 0.244 e. The number of amides is 1. The van der Waals surface area contributed by atoms with E-state index in [0.717, 1.165) is 24.0 Å². The zero-order chi connectivity index (χ0) is 23.8. The van der Waals surface area contributed by atoms with Crippen molar-refractivity contribution in [3.63, 3.8) is 0 Å². The first-order chi connectivity index (χ1) is 15.8. The summed E-state index contributed by atoms with van der Waals surface area (Å²) in [6.07, 6.45) is 1.62. The van der Waals surface area contributed by atoms with E-state index < -0.39 is 10.0 Å². The molecule has 174 valence electrons. The fraction of sp³-hybridized carbons (Fsp3) is 0.296. The Labute approximate surface area is 197 Å². The highest BCUT2D eigenvalue weighted by Gasteiger charge is 2.28. The number of hydrogen-bond donors (Lipinski definition) is 1. The molecular formula is C27H32N2O3S. The van der Waals surface area contributed by atoms with Gasteiger partial charge in [0.15, 0.2) is 0 Å². The van der Waals surface area contributed by atoms with Gasteiger partial charge in [0, 0.05) is 12.6 Å². The van der Waals surface area contributed by atoms with E-state index in [4.69, 9.17) is 0 Å². The van der Waals surface area contributed by atoms with E-state index in [-0.39, 0.29) is 29.9 Å². The van der Waals surface area contributed by atoms with E-state index >= 15 is 0 Å². The smallest absolute Gasteiger partial charge is 0.244 e. The molecule has 1 atom stereocenters. The van der Waals surface area contributed by atoms with Crippen LogP contribution in [0.25, 0.3) is 0 Å². The highest BCUT2D eigenvalue weighted by atomic mass is 32.2. The number of nitrogens with zero attached hydrogens (tertiary/aromatic N) is 1. The molecule has 33 heavy (non-hydrogen) atoms. The maximum absolute atomic E-state index is 13.6. The lowest BCUT2D eigenvalue weighted by Crippen LogP contribution is -2.43. The van der Waals surface area contributed by atoms with Crippen LogP contribution in [0.4, 0.5) is 0 Å². The number of aryl methyl sites for hydroxylation is 3. The molecule has 0 aliphatic heterocycles. The van der Waals surface area contributed by atoms with Gasteiger partial charge in [0.05, 0.1) is 11.4 Å². The number of carbonyl (C=O) groups is 1. The number of nitrogens with one attached hydrogen (secondary N) is 1. The van der Waals surface area contributed by atoms with Gasteiger partial charge in [-0.2, -0.15) is 4.31 Å². The van der Waals surface area contributed by atoms with Gasteiger partial charge in [0.1, 0.15) is 0 Å². The van der Waals surface area contributed by atoms with Crippen LogP contribution in [-0.4, -0.2) is 31.2 Å². The Balaban J connectivity index is 1.75. The molecule has 5 nitrogen and oxygen atoms in total. The zero-order valence-corrected chi connectivity index (χ0v) is 20.3. The Kier molecular flexibility index (Phi) is 8.42. The van der Waals surface area contributed by atoms with Crippen LogP contribution in [0.15, 0.2) is 83.8 Å². The Hall–Kier alpha value is -2.96. The van der Waals surface area contributed by atoms with E-state index in [1.165, 1.54) is 9.87 Å². The van der Waals surface area contributed by atoms with Gasteiger partial charge in [-0.1, -0.05) is 72.8 Å². The van der Waals surface area contributed by atoms with Gasteiger partial charge in [0.2, 0.25) is 15.9 Å². The van der Waals surface area contributed by atoms with Crippen molar-refractivity contribution in [2.24, 2.45) is 0 Å². The molecule has 1 amide bonds. The second-order valence-electron chi connectivity index (χ2n) is 8.52. The minimum atomic E-state index is -3.87. The molecule has 0 aliphatic rings. The summed E-state index contributed by atoms with van der Waals surface area (Å²) >= 11 is 0. The van der Waals surface area contributed by atoms with Gasteiger partial charge in [-0.3, -0.25) is 4.79 Å². The average molecular weight is 465 g/mol. The van der Waals surface area contributed by atoms with Gasteiger partial charge in [-0.15, -0.1) is 0 Å². The maximum atomic E-state index is 13.6. The highest BCUT2D eigenvalue weighted by molar-refractivity contribution is 7.89. The van der Waals surface area contributed by atoms with Crippen LogP contribution >= 0.6 is 0 Å². The van der Waals surface area contributed by atoms with Gasteiger partial charge >= 0.3 is 0 Å². The molecule has 0 aromatic heterocycles. The minimum Gasteiger partial charge on any atom is -0.352 e. The normalized spacial score (nSPS) is 12.5. The van der Waals surface area contributed by atoms with E-state index in [0.29, 0.717) is 5.56 Å². The largest absolute Gasteiger partial charge is 0.352 e. The summed E-state index contributed by atoms with van der Waals surface area (Å²) in [6, 6.07) is 24.7. The summed E-state index contributed by atoms with van der Waals surface area (Å²) in [5.41, 5.74) is 3.56. The summed E-state index contributed by atoms with van der Waals surface area (Å²) in [5, 5.41) is 2.97. The molecule has 3 rings (SSSR count). The van der Waals surface area contributed by atoms with Crippen molar-refractivity contribution >= 4 is 15.9 Å². The molecule has 0 aliphatic carbocycles. The SMILES string of the molecule is Cc1ccc(C)c(S(=O)(=O)N(CC(=O)N[C@H](C)CCc2ccccc2)Cc2ccccc2)c1. The Morgan fingerprint density at radius 1 is 0.909 bits per heavy atom. The lowest BCUT2D eigenvalue weighted by molar-refractivity contribution is -0.122. The molecule has 0 saturated heterocycles. The van der Waals surface area contributed by atoms with Crippen LogP contribution in [0.2, 0.25) is 0 Å². The summed E-state index contributed by atoms with van der Waals surface area (Å²) in [6.45, 7) is 5.48. The summed E-state index contributed by atoms with van der Waals surface area (Å²) in [4.78, 5) is 13.1. The van der Waals surface area contributed by atoms with Crippen LogP contribution in [0.1, 0.15) is 35.6 Å². The number of carbonyl (C=O) groups excluding carboxylic acids is 1. The second kappa shape index (κ2) is 11.3. The summed E-state index contributed by atoms with van der Waals surface area (Å²) in [5.74, 6) is -0.305. The molecule has 1 N–H and O–H groups in total. The monoisotopic (exact) mass is 464 g/mol. The van der Waals surface area contributed by atoms with Gasteiger partial charge in [-0.05, 0) is 61.9 Å². The first-order valence-corrected chi connectivity index (χ1v) is 12.6. The lowest BCUT2D eigenvalue weighted by atomic mass is 10.1. The number of benzene rings is 3. The minimum absolute atomic E-state index is 0.0697. The number of rotatable bonds is 10. The summed E-state index contributed by atoms with van der Waals surface area (Å²) < 4.78 is 28.4. The quantitative estimate of drug-likeness (QED) is 0.476. The Morgan fingerprint density at radius 2 is 1.52 bits per heavy atom. The van der Waals surface area contributed by atoms with Crippen molar-refractivity contribution in [1.29, 1.82) is 0 Å². The van der Waals surface area contributed by atoms with Crippen molar-refractivity contribution in [2.75, 3.05) is 6.54 Å². The predicted octanol–water partition coefficient (Wildman–Crippen LogP) is 4.63. The van der Waals surface area contributed by atoms with Crippen molar-refractivity contribution < 1.29 is 13.2 Å². The van der Waals surface area contributed by atoms with Crippen LogP contribution < -0.4 is 5.32 Å². The fourth-order valence-corrected chi connectivity index (χ4v) is 5.41. The topological polar surface area (TPSA) is 66.5 Å². The van der Waals surface area contributed by atoms with Crippen molar-refractivity contribution in [1.82, 2.24) is 9.62 Å². The molecule has 6 heteroatoms. The standard InChI is InChI=1S/C27H32N2O3S/c1-21-14-15-22(2)26(18-21)33(31,32)29(19-25-12-8-5-9-13-25)20-27(30)28-23(3)16-17-24-10-6-4-7-11-24/h4-15,18,23H,16-17,19-20H2,1-3H3,(H,28,30)/t23-/m1/s1. The van der Waals surface area contributed by atoms with Crippen LogP contribution in [-0.2, 0) is 27.8 Å². The van der Waals surface area contributed by atoms with Gasteiger partial charge < -0.3 is 5.32 Å². The predicted molar refractivity (Wildman–Crippen MR) is 132 cm³/mol. The number of hydrogen-bond acceptors (Lipinski definition) is 3. The summed E-state index contributed by atoms with van der Waals surface area (Å²) in [7, 11) is -3.87. The molecule has 0 saturated carbocycles. The molecule has 0 spiro atoms. The van der Waals surface area contributed by atoms with E-state index in [1.807, 2.05) is 68.4 Å². The third kappa shape index (κ3) is 7.01. The second-order valence-corrected chi connectivity index (χ2v) is 10.4. The Bertz CT molecular complexity index is 1160.